The Bertz CT molecular complexity index is 1000. The molecule has 0 amide bonds. The first kappa shape index (κ1) is 46.7. The van der Waals surface area contributed by atoms with Gasteiger partial charge in [-0.2, -0.15) is 0 Å². The smallest absolute Gasteiger partial charge is 0.306 e. The third-order valence-electron chi connectivity index (χ3n) is 8.36. The molecular formula is C42H70O9. The van der Waals surface area contributed by atoms with Crippen LogP contribution in [0.3, 0.4) is 0 Å². The fourth-order valence-corrected chi connectivity index (χ4v) is 5.27. The molecule has 51 heavy (non-hydrogen) atoms. The highest BCUT2D eigenvalue weighted by atomic mass is 16.7. The van der Waals surface area contributed by atoms with Crippen LogP contribution in [0.1, 0.15) is 123 Å². The van der Waals surface area contributed by atoms with Crippen LogP contribution in [-0.2, 0) is 23.7 Å². The number of carbonyl (C=O) groups excluding carboxylic acids is 1. The second kappa shape index (κ2) is 33.5. The molecule has 292 valence electrons. The lowest BCUT2D eigenvalue weighted by Gasteiger charge is -2.39. The second-order valence-corrected chi connectivity index (χ2v) is 13.0. The van der Waals surface area contributed by atoms with Crippen LogP contribution in [0.5, 0.6) is 0 Å². The number of allylic oxidation sites excluding steroid dienone is 12. The number of hydrogen-bond acceptors (Lipinski definition) is 9. The van der Waals surface area contributed by atoms with Crippen molar-refractivity contribution < 1.29 is 44.2 Å². The van der Waals surface area contributed by atoms with Gasteiger partial charge in [-0.25, -0.2) is 0 Å². The summed E-state index contributed by atoms with van der Waals surface area (Å²) in [5, 5.41) is 39.9. The van der Waals surface area contributed by atoms with Crippen LogP contribution in [0.15, 0.2) is 72.9 Å². The zero-order valence-electron chi connectivity index (χ0n) is 31.6. The SMILES string of the molecule is CC/C=C\C/C=C\C/C=C\C/C=C\CCCOCC(COC1OC(CO)C(O)C(O)C1O)OC(=O)CCCCCCC/C=C\C/C=C\CCCC. The van der Waals surface area contributed by atoms with Crippen molar-refractivity contribution in [1.29, 1.82) is 0 Å². The molecule has 6 unspecified atom stereocenters. The first-order chi connectivity index (χ1) is 24.9. The highest BCUT2D eigenvalue weighted by Crippen LogP contribution is 2.22. The monoisotopic (exact) mass is 719 g/mol. The maximum atomic E-state index is 12.7. The quantitative estimate of drug-likeness (QED) is 0.0323. The molecule has 4 N–H and O–H groups in total. The van der Waals surface area contributed by atoms with Crippen LogP contribution in [0.25, 0.3) is 0 Å². The molecule has 6 atom stereocenters. The fourth-order valence-electron chi connectivity index (χ4n) is 5.27. The maximum absolute atomic E-state index is 12.7. The van der Waals surface area contributed by atoms with Gasteiger partial charge in [0.15, 0.2) is 6.29 Å². The molecule has 9 heteroatoms. The highest BCUT2D eigenvalue weighted by Gasteiger charge is 2.44. The Morgan fingerprint density at radius 3 is 1.80 bits per heavy atom. The zero-order chi connectivity index (χ0) is 37.2. The Morgan fingerprint density at radius 1 is 0.647 bits per heavy atom. The summed E-state index contributed by atoms with van der Waals surface area (Å²) in [6, 6.07) is 0. The average Bonchev–Trinajstić information content (AvgIpc) is 3.13. The van der Waals surface area contributed by atoms with Crippen molar-refractivity contribution in [1.82, 2.24) is 0 Å². The Balaban J connectivity index is 2.39. The number of unbranched alkanes of at least 4 members (excludes halogenated alkanes) is 8. The number of hydrogen-bond donors (Lipinski definition) is 4. The minimum absolute atomic E-state index is 0.0966. The van der Waals surface area contributed by atoms with Crippen LogP contribution in [0.4, 0.5) is 0 Å². The Hall–Kier alpha value is -2.37. The van der Waals surface area contributed by atoms with E-state index in [-0.39, 0.29) is 25.6 Å². The molecular weight excluding hydrogens is 648 g/mol. The van der Waals surface area contributed by atoms with Gasteiger partial charge in [0.2, 0.25) is 0 Å². The van der Waals surface area contributed by atoms with E-state index < -0.39 is 43.4 Å². The van der Waals surface area contributed by atoms with Crippen molar-refractivity contribution in [3.8, 4) is 0 Å². The van der Waals surface area contributed by atoms with Gasteiger partial charge in [-0.1, -0.05) is 119 Å². The van der Waals surface area contributed by atoms with E-state index in [4.69, 9.17) is 18.9 Å². The summed E-state index contributed by atoms with van der Waals surface area (Å²) in [5.74, 6) is -0.351. The molecule has 0 aromatic heterocycles. The molecule has 1 aliphatic heterocycles. The van der Waals surface area contributed by atoms with Crippen LogP contribution < -0.4 is 0 Å². The van der Waals surface area contributed by atoms with Crippen molar-refractivity contribution in [2.75, 3.05) is 26.4 Å². The van der Waals surface area contributed by atoms with Gasteiger partial charge in [-0.15, -0.1) is 0 Å². The summed E-state index contributed by atoms with van der Waals surface area (Å²) in [4.78, 5) is 12.7. The van der Waals surface area contributed by atoms with E-state index in [1.165, 1.54) is 12.8 Å². The molecule has 1 saturated heterocycles. The number of aliphatic hydroxyl groups is 4. The first-order valence-corrected chi connectivity index (χ1v) is 19.5. The molecule has 1 rings (SSSR count). The van der Waals surface area contributed by atoms with Gasteiger partial charge in [0.25, 0.3) is 0 Å². The standard InChI is InChI=1S/C42H70O9/c1-3-5-7-9-11-13-15-17-19-21-23-25-27-29-31-38(44)50-36(35-49-42-41(47)40(46)39(45)37(33-43)51-42)34-48-32-30-28-26-24-22-20-18-16-14-12-10-8-6-4-2/h6,8-9,11-12,14-15,17-18,20,24,26,36-37,39-43,45-47H,3-5,7,10,13,16,19,21-23,25,27-35H2,1-2H3/b8-6-,11-9-,14-12-,17-15-,20-18-,26-24-. The molecule has 0 saturated carbocycles. The molecule has 1 heterocycles. The third-order valence-corrected chi connectivity index (χ3v) is 8.36. The fraction of sp³-hybridized carbons (Fsp3) is 0.690. The van der Waals surface area contributed by atoms with Gasteiger partial charge < -0.3 is 39.4 Å². The first-order valence-electron chi connectivity index (χ1n) is 19.5. The molecule has 0 spiro atoms. The van der Waals surface area contributed by atoms with Gasteiger partial charge in [0.1, 0.15) is 30.5 Å². The van der Waals surface area contributed by atoms with E-state index in [1.807, 2.05) is 0 Å². The Labute approximate surface area is 308 Å². The van der Waals surface area contributed by atoms with Crippen molar-refractivity contribution >= 4 is 5.97 Å². The largest absolute Gasteiger partial charge is 0.457 e. The summed E-state index contributed by atoms with van der Waals surface area (Å²) in [5.41, 5.74) is 0. The summed E-state index contributed by atoms with van der Waals surface area (Å²) in [6.07, 6.45) is 35.1. The van der Waals surface area contributed by atoms with E-state index in [0.717, 1.165) is 89.9 Å². The number of ether oxygens (including phenoxy) is 4. The number of rotatable bonds is 31. The van der Waals surface area contributed by atoms with Crippen molar-refractivity contribution in [3.63, 3.8) is 0 Å². The van der Waals surface area contributed by atoms with Crippen molar-refractivity contribution in [3.05, 3.63) is 72.9 Å². The lowest BCUT2D eigenvalue weighted by molar-refractivity contribution is -0.305. The predicted molar refractivity (Wildman–Crippen MR) is 205 cm³/mol. The summed E-state index contributed by atoms with van der Waals surface area (Å²) < 4.78 is 22.6. The van der Waals surface area contributed by atoms with Gasteiger partial charge in [-0.3, -0.25) is 4.79 Å². The van der Waals surface area contributed by atoms with Crippen LogP contribution in [0, 0.1) is 0 Å². The zero-order valence-corrected chi connectivity index (χ0v) is 31.6. The highest BCUT2D eigenvalue weighted by molar-refractivity contribution is 5.69. The molecule has 9 nitrogen and oxygen atoms in total. The van der Waals surface area contributed by atoms with E-state index in [0.29, 0.717) is 6.61 Å². The number of esters is 1. The van der Waals surface area contributed by atoms with Crippen molar-refractivity contribution in [2.24, 2.45) is 0 Å². The van der Waals surface area contributed by atoms with Crippen LogP contribution >= 0.6 is 0 Å². The molecule has 0 radical (unpaired) electrons. The molecule has 1 fully saturated rings. The molecule has 0 aromatic rings. The molecule has 0 aromatic carbocycles. The Kier molecular flexibility index (Phi) is 30.6. The topological polar surface area (TPSA) is 135 Å². The second-order valence-electron chi connectivity index (χ2n) is 13.0. The number of carbonyl (C=O) groups is 1. The lowest BCUT2D eigenvalue weighted by Crippen LogP contribution is -2.59. The third kappa shape index (κ3) is 25.3. The van der Waals surface area contributed by atoms with E-state index in [1.54, 1.807) is 0 Å². The molecule has 1 aliphatic rings. The molecule has 0 aliphatic carbocycles. The van der Waals surface area contributed by atoms with Gasteiger partial charge in [0.05, 0.1) is 19.8 Å². The normalized spacial score (nSPS) is 22.2. The minimum atomic E-state index is -1.55. The lowest BCUT2D eigenvalue weighted by atomic mass is 9.99. The van der Waals surface area contributed by atoms with Crippen molar-refractivity contribution in [2.45, 2.75) is 160 Å². The van der Waals surface area contributed by atoms with E-state index >= 15 is 0 Å². The van der Waals surface area contributed by atoms with Crippen LogP contribution in [0.2, 0.25) is 0 Å². The maximum Gasteiger partial charge on any atom is 0.306 e. The minimum Gasteiger partial charge on any atom is -0.457 e. The van der Waals surface area contributed by atoms with E-state index in [2.05, 4.69) is 86.8 Å². The Morgan fingerprint density at radius 2 is 1.20 bits per heavy atom. The van der Waals surface area contributed by atoms with Gasteiger partial charge in [-0.05, 0) is 70.6 Å². The van der Waals surface area contributed by atoms with Gasteiger partial charge in [0, 0.05) is 13.0 Å². The summed E-state index contributed by atoms with van der Waals surface area (Å²) in [7, 11) is 0. The predicted octanol–water partition coefficient (Wildman–Crippen LogP) is 7.74. The molecule has 0 bridgehead atoms. The van der Waals surface area contributed by atoms with Crippen LogP contribution in [-0.4, -0.2) is 89.6 Å². The average molecular weight is 719 g/mol. The van der Waals surface area contributed by atoms with Gasteiger partial charge >= 0.3 is 5.97 Å². The summed E-state index contributed by atoms with van der Waals surface area (Å²) in [6.45, 7) is 4.20. The van der Waals surface area contributed by atoms with E-state index in [9.17, 15) is 25.2 Å². The number of aliphatic hydroxyl groups excluding tert-OH is 4. The summed E-state index contributed by atoms with van der Waals surface area (Å²) >= 11 is 0.